The van der Waals surface area contributed by atoms with Gasteiger partial charge in [-0.3, -0.25) is 9.59 Å². The lowest BCUT2D eigenvalue weighted by Crippen LogP contribution is -2.38. The SMILES string of the molecule is COc1ccc(C=C(NC(=O)c2ccccc2Cl)C(=O)N(Cc2ccccc2)Cc2ccccc2)cc1. The zero-order chi connectivity index (χ0) is 26.0. The first kappa shape index (κ1) is 25.7. The number of nitrogens with zero attached hydrogens (tertiary/aromatic N) is 1. The fourth-order valence-electron chi connectivity index (χ4n) is 3.83. The summed E-state index contributed by atoms with van der Waals surface area (Å²) in [5.74, 6) is -0.0816. The van der Waals surface area contributed by atoms with Gasteiger partial charge in [-0.15, -0.1) is 0 Å². The highest BCUT2D eigenvalue weighted by atomic mass is 35.5. The maximum atomic E-state index is 14.0. The van der Waals surface area contributed by atoms with Gasteiger partial charge in [0.15, 0.2) is 0 Å². The van der Waals surface area contributed by atoms with Gasteiger partial charge in [-0.05, 0) is 47.0 Å². The van der Waals surface area contributed by atoms with Crippen molar-refractivity contribution >= 4 is 29.5 Å². The molecule has 0 atom stereocenters. The number of benzene rings is 4. The summed E-state index contributed by atoms with van der Waals surface area (Å²) >= 11 is 6.26. The van der Waals surface area contributed by atoms with E-state index < -0.39 is 5.91 Å². The molecule has 1 N–H and O–H groups in total. The van der Waals surface area contributed by atoms with E-state index in [4.69, 9.17) is 16.3 Å². The molecule has 4 rings (SSSR count). The minimum atomic E-state index is -0.460. The van der Waals surface area contributed by atoms with E-state index in [0.717, 1.165) is 16.7 Å². The molecule has 4 aromatic rings. The molecule has 0 aliphatic heterocycles. The third-order valence-corrected chi connectivity index (χ3v) is 6.07. The maximum absolute atomic E-state index is 14.0. The molecular formula is C31H27ClN2O3. The van der Waals surface area contributed by atoms with Crippen LogP contribution < -0.4 is 10.1 Å². The fraction of sp³-hybridized carbons (Fsp3) is 0.0968. The van der Waals surface area contributed by atoms with Crippen molar-refractivity contribution in [2.75, 3.05) is 7.11 Å². The highest BCUT2D eigenvalue weighted by Gasteiger charge is 2.22. The molecule has 5 nitrogen and oxygen atoms in total. The number of halogens is 1. The third kappa shape index (κ3) is 7.09. The van der Waals surface area contributed by atoms with E-state index >= 15 is 0 Å². The van der Waals surface area contributed by atoms with Crippen molar-refractivity contribution in [3.8, 4) is 5.75 Å². The van der Waals surface area contributed by atoms with Gasteiger partial charge in [-0.1, -0.05) is 96.5 Å². The number of nitrogens with one attached hydrogen (secondary N) is 1. The summed E-state index contributed by atoms with van der Waals surface area (Å²) in [6, 6.07) is 33.5. The second kappa shape index (κ2) is 12.6. The van der Waals surface area contributed by atoms with Crippen molar-refractivity contribution in [1.82, 2.24) is 10.2 Å². The average Bonchev–Trinajstić information content (AvgIpc) is 2.93. The second-order valence-electron chi connectivity index (χ2n) is 8.40. The largest absolute Gasteiger partial charge is 0.497 e. The highest BCUT2D eigenvalue weighted by Crippen LogP contribution is 2.19. The molecule has 6 heteroatoms. The van der Waals surface area contributed by atoms with Crippen LogP contribution in [0.1, 0.15) is 27.0 Å². The van der Waals surface area contributed by atoms with Crippen LogP contribution >= 0.6 is 11.6 Å². The topological polar surface area (TPSA) is 58.6 Å². The van der Waals surface area contributed by atoms with Crippen LogP contribution in [0, 0.1) is 0 Å². The van der Waals surface area contributed by atoms with E-state index in [1.54, 1.807) is 54.5 Å². The van der Waals surface area contributed by atoms with Gasteiger partial charge in [0.05, 0.1) is 17.7 Å². The standard InChI is InChI=1S/C31H27ClN2O3/c1-37-26-18-16-23(17-19-26)20-29(33-30(35)27-14-8-9-15-28(27)32)31(36)34(21-24-10-4-2-5-11-24)22-25-12-6-3-7-13-25/h2-20H,21-22H2,1H3,(H,33,35). The van der Waals surface area contributed by atoms with E-state index in [2.05, 4.69) is 5.32 Å². The fourth-order valence-corrected chi connectivity index (χ4v) is 4.05. The average molecular weight is 511 g/mol. The molecule has 0 unspecified atom stereocenters. The molecule has 0 spiro atoms. The van der Waals surface area contributed by atoms with E-state index in [9.17, 15) is 9.59 Å². The minimum Gasteiger partial charge on any atom is -0.497 e. The second-order valence-corrected chi connectivity index (χ2v) is 8.80. The summed E-state index contributed by atoms with van der Waals surface area (Å²) in [6.45, 7) is 0.743. The predicted molar refractivity (Wildman–Crippen MR) is 147 cm³/mol. The number of amides is 2. The van der Waals surface area contributed by atoms with Gasteiger partial charge in [0.2, 0.25) is 0 Å². The highest BCUT2D eigenvalue weighted by molar-refractivity contribution is 6.34. The molecule has 0 saturated carbocycles. The minimum absolute atomic E-state index is 0.141. The predicted octanol–water partition coefficient (Wildman–Crippen LogP) is 6.35. The van der Waals surface area contributed by atoms with E-state index in [1.165, 1.54) is 0 Å². The number of ether oxygens (including phenoxy) is 1. The van der Waals surface area contributed by atoms with Gasteiger partial charge in [-0.25, -0.2) is 0 Å². The van der Waals surface area contributed by atoms with Crippen LogP contribution in [0.4, 0.5) is 0 Å². The molecule has 0 aromatic heterocycles. The molecular weight excluding hydrogens is 484 g/mol. The van der Waals surface area contributed by atoms with Gasteiger partial charge in [0.1, 0.15) is 11.4 Å². The summed E-state index contributed by atoms with van der Waals surface area (Å²) in [5.41, 5.74) is 3.13. The Hall–Kier alpha value is -4.35. The first-order valence-electron chi connectivity index (χ1n) is 11.8. The first-order valence-corrected chi connectivity index (χ1v) is 12.2. The number of carbonyl (C=O) groups excluding carboxylic acids is 2. The number of hydrogen-bond donors (Lipinski definition) is 1. The van der Waals surface area contributed by atoms with Crippen molar-refractivity contribution in [2.45, 2.75) is 13.1 Å². The van der Waals surface area contributed by atoms with E-state index in [1.807, 2.05) is 72.8 Å². The Labute approximate surface area is 222 Å². The van der Waals surface area contributed by atoms with Gasteiger partial charge in [0.25, 0.3) is 11.8 Å². The lowest BCUT2D eigenvalue weighted by atomic mass is 10.1. The van der Waals surface area contributed by atoms with Crippen LogP contribution in [-0.2, 0) is 17.9 Å². The van der Waals surface area contributed by atoms with Crippen LogP contribution in [0.25, 0.3) is 6.08 Å². The zero-order valence-electron chi connectivity index (χ0n) is 20.4. The Balaban J connectivity index is 1.70. The number of rotatable bonds is 9. The van der Waals surface area contributed by atoms with Crippen LogP contribution in [0.3, 0.4) is 0 Å². The van der Waals surface area contributed by atoms with Gasteiger partial charge >= 0.3 is 0 Å². The van der Waals surface area contributed by atoms with Crippen LogP contribution in [0.2, 0.25) is 5.02 Å². The summed E-state index contributed by atoms with van der Waals surface area (Å²) in [7, 11) is 1.59. The zero-order valence-corrected chi connectivity index (χ0v) is 21.2. The summed E-state index contributed by atoms with van der Waals surface area (Å²) in [5, 5.41) is 3.13. The Morgan fingerprint density at radius 2 is 1.32 bits per heavy atom. The summed E-state index contributed by atoms with van der Waals surface area (Å²) < 4.78 is 5.25. The van der Waals surface area contributed by atoms with Gasteiger partial charge < -0.3 is 15.0 Å². The molecule has 0 aliphatic rings. The molecule has 37 heavy (non-hydrogen) atoms. The van der Waals surface area contributed by atoms with Crippen molar-refractivity contribution < 1.29 is 14.3 Å². The van der Waals surface area contributed by atoms with Crippen molar-refractivity contribution in [3.63, 3.8) is 0 Å². The summed E-state index contributed by atoms with van der Waals surface area (Å²) in [4.78, 5) is 28.9. The van der Waals surface area contributed by atoms with Crippen molar-refractivity contribution in [2.24, 2.45) is 0 Å². The van der Waals surface area contributed by atoms with Gasteiger partial charge in [0, 0.05) is 13.1 Å². The maximum Gasteiger partial charge on any atom is 0.270 e. The van der Waals surface area contributed by atoms with Crippen LogP contribution in [0.15, 0.2) is 115 Å². The molecule has 0 heterocycles. The number of carbonyl (C=O) groups is 2. The first-order chi connectivity index (χ1) is 18.0. The van der Waals surface area contributed by atoms with Crippen LogP contribution in [-0.4, -0.2) is 23.8 Å². The normalized spacial score (nSPS) is 11.0. The lowest BCUT2D eigenvalue weighted by Gasteiger charge is -2.25. The van der Waals surface area contributed by atoms with Gasteiger partial charge in [-0.2, -0.15) is 0 Å². The Morgan fingerprint density at radius 1 is 0.784 bits per heavy atom. The third-order valence-electron chi connectivity index (χ3n) is 5.74. The molecule has 0 bridgehead atoms. The molecule has 186 valence electrons. The van der Waals surface area contributed by atoms with Crippen molar-refractivity contribution in [1.29, 1.82) is 0 Å². The van der Waals surface area contributed by atoms with E-state index in [-0.39, 0.29) is 17.2 Å². The Kier molecular flexibility index (Phi) is 8.74. The molecule has 0 saturated heterocycles. The number of hydrogen-bond acceptors (Lipinski definition) is 3. The molecule has 0 aliphatic carbocycles. The summed E-state index contributed by atoms with van der Waals surface area (Å²) in [6.07, 6.45) is 1.67. The Morgan fingerprint density at radius 3 is 1.86 bits per heavy atom. The van der Waals surface area contributed by atoms with E-state index in [0.29, 0.717) is 23.9 Å². The Bertz CT molecular complexity index is 1330. The molecule has 0 fully saturated rings. The number of methoxy groups -OCH3 is 1. The van der Waals surface area contributed by atoms with Crippen LogP contribution in [0.5, 0.6) is 5.75 Å². The molecule has 2 amide bonds. The smallest absolute Gasteiger partial charge is 0.270 e. The molecule has 0 radical (unpaired) electrons. The molecule has 4 aromatic carbocycles. The lowest BCUT2D eigenvalue weighted by molar-refractivity contribution is -0.128. The monoisotopic (exact) mass is 510 g/mol. The quantitative estimate of drug-likeness (QED) is 0.267. The van der Waals surface area contributed by atoms with Crippen molar-refractivity contribution in [3.05, 3.63) is 142 Å².